The van der Waals surface area contributed by atoms with Crippen molar-refractivity contribution >= 4 is 17.2 Å². The van der Waals surface area contributed by atoms with Gasteiger partial charge in [-0.05, 0) is 30.5 Å². The van der Waals surface area contributed by atoms with Crippen molar-refractivity contribution in [1.29, 1.82) is 0 Å². The summed E-state index contributed by atoms with van der Waals surface area (Å²) in [4.78, 5) is 20.2. The van der Waals surface area contributed by atoms with E-state index in [9.17, 15) is 4.79 Å². The summed E-state index contributed by atoms with van der Waals surface area (Å²) in [5.74, 6) is -0.0766. The van der Waals surface area contributed by atoms with Gasteiger partial charge in [0.25, 0.3) is 5.91 Å². The van der Waals surface area contributed by atoms with Crippen LogP contribution in [0.3, 0.4) is 0 Å². The third-order valence-electron chi connectivity index (χ3n) is 3.99. The predicted molar refractivity (Wildman–Crippen MR) is 90.8 cm³/mol. The molecule has 1 saturated heterocycles. The number of hydrogen-bond acceptors (Lipinski definition) is 5. The average Bonchev–Trinajstić information content (AvgIpc) is 3.11. The molecule has 1 fully saturated rings. The van der Waals surface area contributed by atoms with Crippen molar-refractivity contribution in [3.8, 4) is 0 Å². The van der Waals surface area contributed by atoms with Gasteiger partial charge in [0.15, 0.2) is 0 Å². The van der Waals surface area contributed by atoms with Gasteiger partial charge in [0.1, 0.15) is 0 Å². The van der Waals surface area contributed by atoms with Crippen molar-refractivity contribution in [2.75, 3.05) is 32.8 Å². The van der Waals surface area contributed by atoms with E-state index in [0.717, 1.165) is 32.0 Å². The first-order valence-electron chi connectivity index (χ1n) is 7.80. The Hall–Kier alpha value is -1.76. The number of carbonyl (C=O) groups is 1. The summed E-state index contributed by atoms with van der Waals surface area (Å²) in [6.45, 7) is 5.78. The molecule has 6 heteroatoms. The molecule has 0 aliphatic carbocycles. The van der Waals surface area contributed by atoms with Gasteiger partial charge in [-0.1, -0.05) is 6.07 Å². The summed E-state index contributed by atoms with van der Waals surface area (Å²) in [5.41, 5.74) is 1.51. The lowest BCUT2D eigenvalue weighted by molar-refractivity contribution is 0.0169. The minimum atomic E-state index is -0.0766. The monoisotopic (exact) mass is 331 g/mol. The standard InChI is InChI=1S/C17H21N3O2S/c1-13-4-5-14(11-18-13)17(21)19-12-15(16-3-2-10-23-16)20-6-8-22-9-7-20/h2-5,10-11,15H,6-9,12H2,1H3,(H,19,21)/t15-/m1/s1. The van der Waals surface area contributed by atoms with Crippen molar-refractivity contribution in [2.45, 2.75) is 13.0 Å². The number of rotatable bonds is 5. The normalized spacial score (nSPS) is 16.9. The van der Waals surface area contributed by atoms with Crippen LogP contribution in [0.5, 0.6) is 0 Å². The first-order valence-corrected chi connectivity index (χ1v) is 8.68. The lowest BCUT2D eigenvalue weighted by atomic mass is 10.1. The topological polar surface area (TPSA) is 54.5 Å². The Labute approximate surface area is 140 Å². The van der Waals surface area contributed by atoms with E-state index in [0.29, 0.717) is 12.1 Å². The molecule has 3 heterocycles. The number of thiophene rings is 1. The molecular weight excluding hydrogens is 310 g/mol. The maximum Gasteiger partial charge on any atom is 0.252 e. The zero-order chi connectivity index (χ0) is 16.1. The molecule has 1 amide bonds. The zero-order valence-electron chi connectivity index (χ0n) is 13.2. The molecule has 2 aromatic heterocycles. The molecule has 1 aliphatic rings. The zero-order valence-corrected chi connectivity index (χ0v) is 14.0. The van der Waals surface area contributed by atoms with Crippen LogP contribution in [0.4, 0.5) is 0 Å². The van der Waals surface area contributed by atoms with E-state index in [1.54, 1.807) is 17.5 Å². The van der Waals surface area contributed by atoms with Crippen LogP contribution >= 0.6 is 11.3 Å². The highest BCUT2D eigenvalue weighted by molar-refractivity contribution is 7.10. The lowest BCUT2D eigenvalue weighted by Gasteiger charge is -2.34. The fourth-order valence-corrected chi connectivity index (χ4v) is 3.53. The van der Waals surface area contributed by atoms with E-state index in [4.69, 9.17) is 4.74 Å². The number of hydrogen-bond donors (Lipinski definition) is 1. The number of aromatic nitrogens is 1. The van der Waals surface area contributed by atoms with Crippen LogP contribution in [0.1, 0.15) is 27.0 Å². The molecule has 23 heavy (non-hydrogen) atoms. The molecule has 0 saturated carbocycles. The molecule has 2 aromatic rings. The molecular formula is C17H21N3O2S. The second-order valence-electron chi connectivity index (χ2n) is 5.58. The summed E-state index contributed by atoms with van der Waals surface area (Å²) in [6, 6.07) is 8.05. The maximum atomic E-state index is 12.3. The molecule has 122 valence electrons. The molecule has 0 spiro atoms. The molecule has 1 atom stereocenters. The van der Waals surface area contributed by atoms with Crippen LogP contribution in [0.25, 0.3) is 0 Å². The Morgan fingerprint density at radius 2 is 2.22 bits per heavy atom. The van der Waals surface area contributed by atoms with Gasteiger partial charge < -0.3 is 10.1 Å². The summed E-state index contributed by atoms with van der Waals surface area (Å²) >= 11 is 1.73. The number of nitrogens with one attached hydrogen (secondary N) is 1. The summed E-state index contributed by atoms with van der Waals surface area (Å²) < 4.78 is 5.44. The third-order valence-corrected chi connectivity index (χ3v) is 4.96. The Morgan fingerprint density at radius 1 is 1.39 bits per heavy atom. The molecule has 1 aliphatic heterocycles. The number of aryl methyl sites for hydroxylation is 1. The molecule has 0 radical (unpaired) electrons. The third kappa shape index (κ3) is 4.16. The fraction of sp³-hybridized carbons (Fsp3) is 0.412. The highest BCUT2D eigenvalue weighted by atomic mass is 32.1. The minimum absolute atomic E-state index is 0.0766. The van der Waals surface area contributed by atoms with Crippen molar-refractivity contribution in [3.63, 3.8) is 0 Å². The number of morpholine rings is 1. The Kier molecular flexibility index (Phi) is 5.38. The Morgan fingerprint density at radius 3 is 2.87 bits per heavy atom. The summed E-state index contributed by atoms with van der Waals surface area (Å²) in [5, 5.41) is 5.13. The molecule has 0 aromatic carbocycles. The van der Waals surface area contributed by atoms with E-state index in [1.807, 2.05) is 19.1 Å². The van der Waals surface area contributed by atoms with Gasteiger partial charge in [-0.15, -0.1) is 11.3 Å². The smallest absolute Gasteiger partial charge is 0.252 e. The number of pyridine rings is 1. The molecule has 5 nitrogen and oxygen atoms in total. The number of ether oxygens (including phenoxy) is 1. The van der Waals surface area contributed by atoms with Crippen LogP contribution in [0, 0.1) is 6.92 Å². The summed E-state index contributed by atoms with van der Waals surface area (Å²) in [7, 11) is 0. The SMILES string of the molecule is Cc1ccc(C(=O)NC[C@H](c2cccs2)N2CCOCC2)cn1. The van der Waals surface area contributed by atoms with Crippen LogP contribution in [-0.4, -0.2) is 48.6 Å². The van der Waals surface area contributed by atoms with Gasteiger partial charge in [0.2, 0.25) is 0 Å². The number of amides is 1. The molecule has 0 bridgehead atoms. The van der Waals surface area contributed by atoms with Crippen molar-refractivity contribution < 1.29 is 9.53 Å². The van der Waals surface area contributed by atoms with Crippen molar-refractivity contribution in [3.05, 3.63) is 52.0 Å². The largest absolute Gasteiger partial charge is 0.379 e. The number of nitrogens with zero attached hydrogens (tertiary/aromatic N) is 2. The van der Waals surface area contributed by atoms with Crippen LogP contribution in [0.15, 0.2) is 35.8 Å². The Bertz CT molecular complexity index is 622. The van der Waals surface area contributed by atoms with Gasteiger partial charge in [0.05, 0.1) is 24.8 Å². The van der Waals surface area contributed by atoms with Gasteiger partial charge in [0, 0.05) is 36.4 Å². The molecule has 3 rings (SSSR count). The fourth-order valence-electron chi connectivity index (χ4n) is 2.67. The predicted octanol–water partition coefficient (Wildman–Crippen LogP) is 2.25. The first-order chi connectivity index (χ1) is 11.2. The highest BCUT2D eigenvalue weighted by Gasteiger charge is 2.24. The van der Waals surface area contributed by atoms with E-state index < -0.39 is 0 Å². The number of carbonyl (C=O) groups excluding carboxylic acids is 1. The average molecular weight is 331 g/mol. The van der Waals surface area contributed by atoms with Crippen molar-refractivity contribution in [2.24, 2.45) is 0 Å². The second kappa shape index (κ2) is 7.68. The van der Waals surface area contributed by atoms with Gasteiger partial charge >= 0.3 is 0 Å². The van der Waals surface area contributed by atoms with E-state index >= 15 is 0 Å². The van der Waals surface area contributed by atoms with Gasteiger partial charge in [-0.25, -0.2) is 0 Å². The Balaban J connectivity index is 1.66. The first kappa shape index (κ1) is 16.1. The van der Waals surface area contributed by atoms with Gasteiger partial charge in [-0.3, -0.25) is 14.7 Å². The van der Waals surface area contributed by atoms with E-state index in [-0.39, 0.29) is 11.9 Å². The lowest BCUT2D eigenvalue weighted by Crippen LogP contribution is -2.43. The minimum Gasteiger partial charge on any atom is -0.379 e. The molecule has 0 unspecified atom stereocenters. The van der Waals surface area contributed by atoms with E-state index in [1.165, 1.54) is 4.88 Å². The van der Waals surface area contributed by atoms with E-state index in [2.05, 4.69) is 32.7 Å². The summed E-state index contributed by atoms with van der Waals surface area (Å²) in [6.07, 6.45) is 1.62. The van der Waals surface area contributed by atoms with Crippen molar-refractivity contribution in [1.82, 2.24) is 15.2 Å². The molecule has 1 N–H and O–H groups in total. The quantitative estimate of drug-likeness (QED) is 0.913. The second-order valence-corrected chi connectivity index (χ2v) is 6.56. The van der Waals surface area contributed by atoms with Gasteiger partial charge in [-0.2, -0.15) is 0 Å². The van der Waals surface area contributed by atoms with Crippen LogP contribution in [-0.2, 0) is 4.74 Å². The van der Waals surface area contributed by atoms with Crippen LogP contribution < -0.4 is 5.32 Å². The highest BCUT2D eigenvalue weighted by Crippen LogP contribution is 2.25. The maximum absolute atomic E-state index is 12.3. The van der Waals surface area contributed by atoms with Crippen LogP contribution in [0.2, 0.25) is 0 Å².